The Morgan fingerprint density at radius 1 is 1.00 bits per heavy atom. The van der Waals surface area contributed by atoms with E-state index >= 15 is 0 Å². The van der Waals surface area contributed by atoms with Gasteiger partial charge in [-0.3, -0.25) is 4.79 Å². The van der Waals surface area contributed by atoms with E-state index in [4.69, 9.17) is 0 Å². The molecule has 0 N–H and O–H groups in total. The molecule has 6 heteroatoms. The Morgan fingerprint density at radius 3 is 2.05 bits per heavy atom. The highest BCUT2D eigenvalue weighted by Crippen LogP contribution is 2.27. The molecule has 0 amide bonds. The van der Waals surface area contributed by atoms with Crippen LogP contribution in [-0.4, -0.2) is 5.78 Å². The number of hydrogen-bond donors (Lipinski definition) is 0. The normalized spacial score (nSPS) is 10.8. The number of ketones is 1. The van der Waals surface area contributed by atoms with Crippen LogP contribution in [0.3, 0.4) is 0 Å². The van der Waals surface area contributed by atoms with Crippen molar-refractivity contribution in [1.82, 2.24) is 0 Å². The van der Waals surface area contributed by atoms with Gasteiger partial charge < -0.3 is 17.0 Å². The summed E-state index contributed by atoms with van der Waals surface area (Å²) < 4.78 is 38.5. The van der Waals surface area contributed by atoms with E-state index in [-0.39, 0.29) is 29.3 Å². The first-order valence-corrected chi connectivity index (χ1v) is 5.61. The average Bonchev–Trinajstić information content (AvgIpc) is 2.39. The van der Waals surface area contributed by atoms with Gasteiger partial charge in [0.05, 0.1) is 5.56 Å². The molecular weight excluding hydrogens is 335 g/mol. The minimum absolute atomic E-state index is 0. The summed E-state index contributed by atoms with van der Waals surface area (Å²) in [6, 6.07) is 10.5. The van der Waals surface area contributed by atoms with E-state index in [2.05, 4.69) is 0 Å². The van der Waals surface area contributed by atoms with Crippen LogP contribution in [0.25, 0.3) is 0 Å². The second-order valence-corrected chi connectivity index (χ2v) is 4.05. The molecule has 1 heterocycles. The first kappa shape index (κ1) is 16.4. The highest BCUT2D eigenvalue weighted by molar-refractivity contribution is 5.94. The first-order valence-electron chi connectivity index (χ1n) is 5.61. The molecule has 0 fully saturated rings. The van der Waals surface area contributed by atoms with Gasteiger partial charge in [-0.15, -0.1) is 0 Å². The van der Waals surface area contributed by atoms with E-state index in [9.17, 15) is 18.0 Å². The zero-order chi connectivity index (χ0) is 13.9. The van der Waals surface area contributed by atoms with Crippen molar-refractivity contribution in [2.45, 2.75) is 12.7 Å². The van der Waals surface area contributed by atoms with Crippen molar-refractivity contribution in [3.05, 3.63) is 66.0 Å². The molecule has 106 valence electrons. The van der Waals surface area contributed by atoms with Crippen molar-refractivity contribution in [3.63, 3.8) is 0 Å². The molecule has 0 aliphatic rings. The summed E-state index contributed by atoms with van der Waals surface area (Å²) in [5.74, 6) is -0.148. The minimum atomic E-state index is -4.36. The van der Waals surface area contributed by atoms with Crippen LogP contribution in [0.1, 0.15) is 15.9 Å². The molecule has 2 rings (SSSR count). The van der Waals surface area contributed by atoms with E-state index in [1.54, 1.807) is 30.3 Å². The molecular formula is C14H11BrF3NO. The average molecular weight is 346 g/mol. The van der Waals surface area contributed by atoms with Crippen molar-refractivity contribution in [3.8, 4) is 0 Å². The molecule has 0 atom stereocenters. The van der Waals surface area contributed by atoms with Gasteiger partial charge in [-0.2, -0.15) is 17.7 Å². The third-order valence-corrected chi connectivity index (χ3v) is 2.64. The van der Waals surface area contributed by atoms with Gasteiger partial charge >= 0.3 is 6.18 Å². The third kappa shape index (κ3) is 4.16. The zero-order valence-electron chi connectivity index (χ0n) is 10.3. The van der Waals surface area contributed by atoms with Crippen LogP contribution in [0.4, 0.5) is 13.2 Å². The molecule has 0 unspecified atom stereocenters. The van der Waals surface area contributed by atoms with Crippen LogP contribution in [0.5, 0.6) is 0 Å². The van der Waals surface area contributed by atoms with Crippen LogP contribution < -0.4 is 21.5 Å². The van der Waals surface area contributed by atoms with Gasteiger partial charge in [0.2, 0.25) is 12.3 Å². The Bertz CT molecular complexity index is 567. The van der Waals surface area contributed by atoms with Crippen LogP contribution >= 0.6 is 0 Å². The van der Waals surface area contributed by atoms with Crippen LogP contribution in [0.2, 0.25) is 0 Å². The number of Topliss-reactive ketones (excluding diaryl/α,β-unsaturated/α-hetero) is 1. The smallest absolute Gasteiger partial charge is 0.416 e. The largest absolute Gasteiger partial charge is 1.00 e. The van der Waals surface area contributed by atoms with Gasteiger partial charge in [0, 0.05) is 17.7 Å². The lowest BCUT2D eigenvalue weighted by atomic mass is 10.1. The van der Waals surface area contributed by atoms with Gasteiger partial charge in [-0.25, -0.2) is 0 Å². The summed E-state index contributed by atoms with van der Waals surface area (Å²) in [5, 5.41) is 0. The van der Waals surface area contributed by atoms with Crippen LogP contribution in [0, 0.1) is 0 Å². The highest BCUT2D eigenvalue weighted by atomic mass is 79.9. The van der Waals surface area contributed by atoms with E-state index in [1.807, 2.05) is 0 Å². The number of rotatable bonds is 3. The quantitative estimate of drug-likeness (QED) is 0.561. The molecule has 1 aromatic heterocycles. The Labute approximate surface area is 124 Å². The fourth-order valence-electron chi connectivity index (χ4n) is 1.63. The number of aromatic nitrogens is 1. The Balaban J connectivity index is 0.00000200. The summed E-state index contributed by atoms with van der Waals surface area (Å²) in [6.07, 6.45) is -1.85. The minimum Gasteiger partial charge on any atom is -1.00 e. The maximum atomic E-state index is 12.4. The fourth-order valence-corrected chi connectivity index (χ4v) is 1.63. The van der Waals surface area contributed by atoms with Crippen molar-refractivity contribution in [1.29, 1.82) is 0 Å². The van der Waals surface area contributed by atoms with E-state index in [0.29, 0.717) is 5.56 Å². The molecule has 2 aromatic rings. The topological polar surface area (TPSA) is 20.9 Å². The lowest BCUT2D eigenvalue weighted by Crippen LogP contribution is -3.00. The van der Waals surface area contributed by atoms with Gasteiger partial charge in [0.1, 0.15) is 0 Å². The third-order valence-electron chi connectivity index (χ3n) is 2.64. The van der Waals surface area contributed by atoms with Crippen LogP contribution in [-0.2, 0) is 12.7 Å². The molecule has 2 nitrogen and oxygen atoms in total. The van der Waals surface area contributed by atoms with Gasteiger partial charge in [0.25, 0.3) is 0 Å². The molecule has 0 bridgehead atoms. The molecule has 0 aliphatic heterocycles. The van der Waals surface area contributed by atoms with Crippen molar-refractivity contribution in [2.24, 2.45) is 0 Å². The van der Waals surface area contributed by atoms with Crippen molar-refractivity contribution in [2.75, 3.05) is 0 Å². The van der Waals surface area contributed by atoms with Gasteiger partial charge in [0.15, 0.2) is 12.4 Å². The summed E-state index contributed by atoms with van der Waals surface area (Å²) in [7, 11) is 0. The Kier molecular flexibility index (Phi) is 5.44. The van der Waals surface area contributed by atoms with E-state index < -0.39 is 11.7 Å². The SMILES string of the molecule is O=C(C[n+]1ccc(C(F)(F)F)cc1)c1ccccc1.[Br-]. The number of carbonyl (C=O) groups is 1. The number of alkyl halides is 3. The molecule has 0 spiro atoms. The van der Waals surface area contributed by atoms with Gasteiger partial charge in [-0.1, -0.05) is 30.3 Å². The summed E-state index contributed by atoms with van der Waals surface area (Å²) in [4.78, 5) is 11.9. The molecule has 0 radical (unpaired) electrons. The number of benzene rings is 1. The Hall–Kier alpha value is -1.69. The predicted octanol–water partition coefficient (Wildman–Crippen LogP) is -0.120. The zero-order valence-corrected chi connectivity index (χ0v) is 11.9. The summed E-state index contributed by atoms with van der Waals surface area (Å²) in [6.45, 7) is 0.0160. The van der Waals surface area contributed by atoms with E-state index in [1.165, 1.54) is 17.0 Å². The lowest BCUT2D eigenvalue weighted by molar-refractivity contribution is -0.683. The molecule has 20 heavy (non-hydrogen) atoms. The first-order chi connectivity index (χ1) is 8.97. The number of hydrogen-bond acceptors (Lipinski definition) is 1. The van der Waals surface area contributed by atoms with E-state index in [0.717, 1.165) is 12.1 Å². The number of pyridine rings is 1. The monoisotopic (exact) mass is 345 g/mol. The molecule has 1 aromatic carbocycles. The second kappa shape index (κ2) is 6.65. The molecule has 0 saturated heterocycles. The van der Waals surface area contributed by atoms with Gasteiger partial charge in [-0.05, 0) is 0 Å². The predicted molar refractivity (Wildman–Crippen MR) is 62.4 cm³/mol. The fraction of sp³-hybridized carbons (Fsp3) is 0.143. The Morgan fingerprint density at radius 2 is 1.55 bits per heavy atom. The number of carbonyl (C=O) groups excluding carboxylic acids is 1. The lowest BCUT2D eigenvalue weighted by Gasteiger charge is -2.04. The van der Waals surface area contributed by atoms with Crippen molar-refractivity contribution < 1.29 is 39.5 Å². The highest BCUT2D eigenvalue weighted by Gasteiger charge is 2.31. The molecule has 0 aliphatic carbocycles. The number of nitrogens with zero attached hydrogens (tertiary/aromatic N) is 1. The van der Waals surface area contributed by atoms with Crippen LogP contribution in [0.15, 0.2) is 54.9 Å². The second-order valence-electron chi connectivity index (χ2n) is 4.05. The summed E-state index contributed by atoms with van der Waals surface area (Å²) in [5.41, 5.74) is -0.189. The summed E-state index contributed by atoms with van der Waals surface area (Å²) >= 11 is 0. The van der Waals surface area contributed by atoms with Crippen molar-refractivity contribution >= 4 is 5.78 Å². The standard InChI is InChI=1S/C14H11F3NO.BrH/c15-14(16,17)12-6-8-18(9-7-12)10-13(19)11-4-2-1-3-5-11;/h1-9H,10H2;1H/q+1;/p-1. The maximum absolute atomic E-state index is 12.4. The maximum Gasteiger partial charge on any atom is 0.416 e. The number of halogens is 4. The molecule has 0 saturated carbocycles.